The highest BCUT2D eigenvalue weighted by atomic mass is 16.2. The summed E-state index contributed by atoms with van der Waals surface area (Å²) in [6.45, 7) is 9.00. The van der Waals surface area contributed by atoms with Gasteiger partial charge in [0.1, 0.15) is 5.82 Å². The maximum Gasteiger partial charge on any atom is 0.274 e. The summed E-state index contributed by atoms with van der Waals surface area (Å²) in [5.41, 5.74) is 0.444. The molecule has 116 valence electrons. The van der Waals surface area contributed by atoms with Crippen LogP contribution < -0.4 is 5.32 Å². The van der Waals surface area contributed by atoms with Gasteiger partial charge in [-0.25, -0.2) is 0 Å². The van der Waals surface area contributed by atoms with E-state index in [1.807, 2.05) is 17.9 Å². The van der Waals surface area contributed by atoms with Crippen molar-refractivity contribution in [1.29, 1.82) is 0 Å². The van der Waals surface area contributed by atoms with Crippen LogP contribution in [0, 0.1) is 11.8 Å². The van der Waals surface area contributed by atoms with Gasteiger partial charge in [0.25, 0.3) is 5.91 Å². The number of carbonyl (C=O) groups is 1. The molecule has 1 aromatic heterocycles. The maximum absolute atomic E-state index is 12.5. The molecule has 0 saturated carbocycles. The fraction of sp³-hybridized carbons (Fsp3) is 0.688. The van der Waals surface area contributed by atoms with Crippen LogP contribution in [0.2, 0.25) is 0 Å². The summed E-state index contributed by atoms with van der Waals surface area (Å²) in [5.74, 6) is 2.14. The molecule has 1 amide bonds. The molecule has 21 heavy (non-hydrogen) atoms. The maximum atomic E-state index is 12.5. The van der Waals surface area contributed by atoms with Gasteiger partial charge in [-0.1, -0.05) is 13.8 Å². The molecule has 1 N–H and O–H groups in total. The predicted octanol–water partition coefficient (Wildman–Crippen LogP) is 2.81. The Kier molecular flexibility index (Phi) is 5.53. The fourth-order valence-corrected chi connectivity index (χ4v) is 2.88. The first-order valence-corrected chi connectivity index (χ1v) is 7.98. The van der Waals surface area contributed by atoms with Gasteiger partial charge in [0.05, 0.1) is 0 Å². The highest BCUT2D eigenvalue weighted by Crippen LogP contribution is 2.25. The first-order chi connectivity index (χ1) is 10.1. The van der Waals surface area contributed by atoms with Gasteiger partial charge >= 0.3 is 0 Å². The molecule has 1 aromatic rings. The van der Waals surface area contributed by atoms with E-state index in [4.69, 9.17) is 0 Å². The summed E-state index contributed by atoms with van der Waals surface area (Å²) in [6.07, 6.45) is 3.39. The average molecular weight is 290 g/mol. The van der Waals surface area contributed by atoms with Gasteiger partial charge in [-0.2, -0.15) is 0 Å². The van der Waals surface area contributed by atoms with Crippen LogP contribution in [0.15, 0.2) is 12.1 Å². The van der Waals surface area contributed by atoms with Crippen LogP contribution in [0.3, 0.4) is 0 Å². The number of likely N-dealkylation sites (tertiary alicyclic amines) is 1. The van der Waals surface area contributed by atoms with Gasteiger partial charge in [0, 0.05) is 19.6 Å². The van der Waals surface area contributed by atoms with Crippen LogP contribution in [-0.4, -0.2) is 40.6 Å². The summed E-state index contributed by atoms with van der Waals surface area (Å²) in [5, 5.41) is 11.2. The largest absolute Gasteiger partial charge is 0.369 e. The molecule has 5 nitrogen and oxygen atoms in total. The molecule has 1 saturated heterocycles. The minimum Gasteiger partial charge on any atom is -0.369 e. The van der Waals surface area contributed by atoms with E-state index in [0.29, 0.717) is 17.4 Å². The second kappa shape index (κ2) is 7.38. The van der Waals surface area contributed by atoms with Crippen molar-refractivity contribution in [3.63, 3.8) is 0 Å². The lowest BCUT2D eigenvalue weighted by Gasteiger charge is -2.21. The molecule has 0 spiro atoms. The zero-order valence-corrected chi connectivity index (χ0v) is 13.3. The first-order valence-electron chi connectivity index (χ1n) is 7.98. The van der Waals surface area contributed by atoms with Crippen LogP contribution in [0.25, 0.3) is 0 Å². The van der Waals surface area contributed by atoms with E-state index in [-0.39, 0.29) is 5.91 Å². The van der Waals surface area contributed by atoms with Gasteiger partial charge in [-0.15, -0.1) is 10.2 Å². The molecular formula is C16H26N4O. The highest BCUT2D eigenvalue weighted by molar-refractivity contribution is 5.92. The smallest absolute Gasteiger partial charge is 0.274 e. The van der Waals surface area contributed by atoms with Gasteiger partial charge in [0.2, 0.25) is 0 Å². The van der Waals surface area contributed by atoms with E-state index in [9.17, 15) is 4.79 Å². The third-order valence-electron chi connectivity index (χ3n) is 4.24. The van der Waals surface area contributed by atoms with Gasteiger partial charge < -0.3 is 10.2 Å². The second-order valence-corrected chi connectivity index (χ2v) is 6.06. The van der Waals surface area contributed by atoms with Crippen molar-refractivity contribution in [2.75, 3.05) is 25.0 Å². The number of amides is 1. The van der Waals surface area contributed by atoms with Gasteiger partial charge in [0.15, 0.2) is 5.69 Å². The summed E-state index contributed by atoms with van der Waals surface area (Å²) in [7, 11) is 0. The first kappa shape index (κ1) is 15.7. The summed E-state index contributed by atoms with van der Waals surface area (Å²) < 4.78 is 0. The van der Waals surface area contributed by atoms with E-state index >= 15 is 0 Å². The SMILES string of the molecule is CCNc1ccc(C(=O)N2CCCC(C(C)C)CC2)nn1. The topological polar surface area (TPSA) is 58.1 Å². The van der Waals surface area contributed by atoms with Crippen molar-refractivity contribution in [2.45, 2.75) is 40.0 Å². The van der Waals surface area contributed by atoms with Crippen molar-refractivity contribution in [3.05, 3.63) is 17.8 Å². The molecular weight excluding hydrogens is 264 g/mol. The zero-order chi connectivity index (χ0) is 15.2. The molecule has 0 aliphatic carbocycles. The van der Waals surface area contributed by atoms with Crippen molar-refractivity contribution in [3.8, 4) is 0 Å². The van der Waals surface area contributed by atoms with Crippen LogP contribution in [-0.2, 0) is 0 Å². The summed E-state index contributed by atoms with van der Waals surface area (Å²) in [6, 6.07) is 3.58. The fourth-order valence-electron chi connectivity index (χ4n) is 2.88. The molecule has 1 aliphatic rings. The lowest BCUT2D eigenvalue weighted by Crippen LogP contribution is -2.33. The molecule has 1 atom stereocenters. The van der Waals surface area contributed by atoms with Crippen LogP contribution in [0.1, 0.15) is 50.5 Å². The standard InChI is InChI=1S/C16H26N4O/c1-4-17-15-8-7-14(18-19-15)16(21)20-10-5-6-13(9-11-20)12(2)3/h7-8,12-13H,4-6,9-11H2,1-3H3,(H,17,19). The number of hydrogen-bond donors (Lipinski definition) is 1. The molecule has 1 unspecified atom stereocenters. The number of anilines is 1. The molecule has 1 aliphatic heterocycles. The lowest BCUT2D eigenvalue weighted by atomic mass is 9.89. The Morgan fingerprint density at radius 3 is 2.76 bits per heavy atom. The second-order valence-electron chi connectivity index (χ2n) is 6.06. The zero-order valence-electron chi connectivity index (χ0n) is 13.3. The van der Waals surface area contributed by atoms with Gasteiger partial charge in [-0.3, -0.25) is 4.79 Å². The molecule has 0 aromatic carbocycles. The monoisotopic (exact) mass is 290 g/mol. The van der Waals surface area contributed by atoms with Crippen LogP contribution in [0.5, 0.6) is 0 Å². The normalized spacial score (nSPS) is 19.4. The van der Waals surface area contributed by atoms with Crippen LogP contribution in [0.4, 0.5) is 5.82 Å². The number of hydrogen-bond acceptors (Lipinski definition) is 4. The Hall–Kier alpha value is -1.65. The van der Waals surface area contributed by atoms with Crippen molar-refractivity contribution in [2.24, 2.45) is 11.8 Å². The Labute approximate surface area is 127 Å². The Balaban J connectivity index is 1.99. The quantitative estimate of drug-likeness (QED) is 0.926. The molecule has 0 bridgehead atoms. The van der Waals surface area contributed by atoms with E-state index in [0.717, 1.165) is 38.4 Å². The molecule has 0 radical (unpaired) electrons. The van der Waals surface area contributed by atoms with Crippen molar-refractivity contribution < 1.29 is 4.79 Å². The Bertz CT molecular complexity index is 458. The Morgan fingerprint density at radius 1 is 1.33 bits per heavy atom. The summed E-state index contributed by atoms with van der Waals surface area (Å²) >= 11 is 0. The molecule has 2 rings (SSSR count). The van der Waals surface area contributed by atoms with E-state index in [2.05, 4.69) is 29.4 Å². The van der Waals surface area contributed by atoms with Crippen molar-refractivity contribution in [1.82, 2.24) is 15.1 Å². The number of carbonyl (C=O) groups excluding carboxylic acids is 1. The van der Waals surface area contributed by atoms with Crippen molar-refractivity contribution >= 4 is 11.7 Å². The van der Waals surface area contributed by atoms with E-state index < -0.39 is 0 Å². The molecule has 5 heteroatoms. The lowest BCUT2D eigenvalue weighted by molar-refractivity contribution is 0.0752. The van der Waals surface area contributed by atoms with E-state index in [1.165, 1.54) is 6.42 Å². The average Bonchev–Trinajstić information content (AvgIpc) is 2.73. The predicted molar refractivity (Wildman–Crippen MR) is 84.3 cm³/mol. The third-order valence-corrected chi connectivity index (χ3v) is 4.24. The third kappa shape index (κ3) is 4.16. The minimum atomic E-state index is 0.00922. The Morgan fingerprint density at radius 2 is 2.14 bits per heavy atom. The molecule has 1 fully saturated rings. The number of rotatable bonds is 4. The summed E-state index contributed by atoms with van der Waals surface area (Å²) in [4.78, 5) is 14.4. The number of nitrogens with one attached hydrogen (secondary N) is 1. The molecule has 2 heterocycles. The van der Waals surface area contributed by atoms with E-state index in [1.54, 1.807) is 6.07 Å². The number of aromatic nitrogens is 2. The highest BCUT2D eigenvalue weighted by Gasteiger charge is 2.23. The minimum absolute atomic E-state index is 0.00922. The number of nitrogens with zero attached hydrogens (tertiary/aromatic N) is 3. The van der Waals surface area contributed by atoms with Crippen LogP contribution >= 0.6 is 0 Å². The van der Waals surface area contributed by atoms with Gasteiger partial charge in [-0.05, 0) is 50.2 Å².